The lowest BCUT2D eigenvalue weighted by Crippen LogP contribution is -1.98. The molecule has 84 valence electrons. The van der Waals surface area contributed by atoms with Crippen LogP contribution in [-0.4, -0.2) is 0 Å². The van der Waals surface area contributed by atoms with E-state index < -0.39 is 0 Å². The molecule has 1 heteroatoms. The van der Waals surface area contributed by atoms with E-state index in [4.69, 9.17) is 0 Å². The summed E-state index contributed by atoms with van der Waals surface area (Å²) >= 11 is 0. The smallest absolute Gasteiger partial charge is 0.0457 e. The second kappa shape index (κ2) is 5.71. The monoisotopic (exact) mass is 221 g/mol. The highest BCUT2D eigenvalue weighted by atomic mass is 14.9. The van der Waals surface area contributed by atoms with Crippen molar-refractivity contribution in [3.63, 3.8) is 0 Å². The summed E-state index contributed by atoms with van der Waals surface area (Å²) in [5.74, 6) is 0. The number of anilines is 1. The summed E-state index contributed by atoms with van der Waals surface area (Å²) < 4.78 is 0. The molecule has 0 radical (unpaired) electrons. The number of para-hydroxylation sites is 1. The van der Waals surface area contributed by atoms with Crippen LogP contribution in [0.3, 0.4) is 0 Å². The van der Waals surface area contributed by atoms with E-state index in [0.717, 1.165) is 16.9 Å². The van der Waals surface area contributed by atoms with E-state index in [9.17, 15) is 0 Å². The largest absolute Gasteiger partial charge is 0.355 e. The molecule has 2 aromatic carbocycles. The lowest BCUT2D eigenvalue weighted by molar-refractivity contribution is 1.53. The molecule has 0 saturated heterocycles. The van der Waals surface area contributed by atoms with E-state index in [1.54, 1.807) is 6.08 Å². The van der Waals surface area contributed by atoms with Crippen molar-refractivity contribution in [1.82, 2.24) is 0 Å². The van der Waals surface area contributed by atoms with Crippen molar-refractivity contribution in [1.29, 1.82) is 0 Å². The number of benzene rings is 2. The third-order valence-electron chi connectivity index (χ3n) is 2.42. The predicted molar refractivity (Wildman–Crippen MR) is 74.7 cm³/mol. The Morgan fingerprint density at radius 1 is 0.882 bits per heavy atom. The Hall–Kier alpha value is -2.28. The molecule has 0 fully saturated rings. The standard InChI is InChI=1S/C16H15N/c1-2-9-16(14-10-5-3-6-11-14)17-15-12-7-4-8-13-15/h2-13,17H,1H2/b16-9-. The van der Waals surface area contributed by atoms with Gasteiger partial charge in [0.25, 0.3) is 0 Å². The van der Waals surface area contributed by atoms with Gasteiger partial charge in [0.2, 0.25) is 0 Å². The molecule has 1 nitrogen and oxygen atoms in total. The van der Waals surface area contributed by atoms with Crippen molar-refractivity contribution < 1.29 is 0 Å². The molecule has 2 aromatic rings. The highest BCUT2D eigenvalue weighted by molar-refractivity contribution is 5.77. The maximum absolute atomic E-state index is 3.75. The Kier molecular flexibility index (Phi) is 3.77. The Bertz CT molecular complexity index is 498. The van der Waals surface area contributed by atoms with Gasteiger partial charge in [0.05, 0.1) is 0 Å². The molecule has 0 unspecified atom stereocenters. The van der Waals surface area contributed by atoms with E-state index in [1.807, 2.05) is 54.6 Å². The van der Waals surface area contributed by atoms with Crippen LogP contribution in [0.5, 0.6) is 0 Å². The van der Waals surface area contributed by atoms with Crippen molar-refractivity contribution in [2.75, 3.05) is 5.32 Å². The molecule has 0 atom stereocenters. The van der Waals surface area contributed by atoms with Crippen molar-refractivity contribution >= 4 is 11.4 Å². The number of nitrogens with one attached hydrogen (secondary N) is 1. The fourth-order valence-corrected chi connectivity index (χ4v) is 1.62. The van der Waals surface area contributed by atoms with Crippen LogP contribution >= 0.6 is 0 Å². The van der Waals surface area contributed by atoms with Crippen LogP contribution in [0.1, 0.15) is 5.56 Å². The number of hydrogen-bond donors (Lipinski definition) is 1. The zero-order valence-electron chi connectivity index (χ0n) is 9.64. The zero-order valence-corrected chi connectivity index (χ0v) is 9.64. The van der Waals surface area contributed by atoms with Gasteiger partial charge in [-0.3, -0.25) is 0 Å². The molecule has 0 aromatic heterocycles. The quantitative estimate of drug-likeness (QED) is 0.758. The van der Waals surface area contributed by atoms with Crippen LogP contribution in [0, 0.1) is 0 Å². The first kappa shape index (κ1) is 11.2. The Morgan fingerprint density at radius 2 is 1.47 bits per heavy atom. The SMILES string of the molecule is C=C/C=C(\Nc1ccccc1)c1ccccc1. The summed E-state index contributed by atoms with van der Waals surface area (Å²) in [6.07, 6.45) is 3.76. The van der Waals surface area contributed by atoms with Crippen molar-refractivity contribution in [2.45, 2.75) is 0 Å². The van der Waals surface area contributed by atoms with Crippen molar-refractivity contribution in [2.24, 2.45) is 0 Å². The van der Waals surface area contributed by atoms with Gasteiger partial charge in [-0.1, -0.05) is 61.2 Å². The summed E-state index contributed by atoms with van der Waals surface area (Å²) in [4.78, 5) is 0. The van der Waals surface area contributed by atoms with Gasteiger partial charge >= 0.3 is 0 Å². The molecule has 0 saturated carbocycles. The minimum Gasteiger partial charge on any atom is -0.355 e. The summed E-state index contributed by atoms with van der Waals surface area (Å²) in [6, 6.07) is 20.3. The molecule has 0 heterocycles. The summed E-state index contributed by atoms with van der Waals surface area (Å²) in [5.41, 5.74) is 3.27. The Balaban J connectivity index is 2.26. The fourth-order valence-electron chi connectivity index (χ4n) is 1.62. The first-order valence-electron chi connectivity index (χ1n) is 5.60. The average molecular weight is 221 g/mol. The van der Waals surface area contributed by atoms with Gasteiger partial charge in [-0.05, 0) is 23.8 Å². The average Bonchev–Trinajstić information content (AvgIpc) is 2.40. The molecule has 0 amide bonds. The van der Waals surface area contributed by atoms with E-state index in [0.29, 0.717) is 0 Å². The number of allylic oxidation sites excluding steroid dienone is 2. The van der Waals surface area contributed by atoms with Crippen molar-refractivity contribution in [3.05, 3.63) is 85.0 Å². The van der Waals surface area contributed by atoms with E-state index in [2.05, 4.69) is 24.0 Å². The predicted octanol–water partition coefficient (Wildman–Crippen LogP) is 4.33. The van der Waals surface area contributed by atoms with Crippen LogP contribution in [0.4, 0.5) is 5.69 Å². The molecule has 1 N–H and O–H groups in total. The lowest BCUT2D eigenvalue weighted by Gasteiger charge is -2.10. The van der Waals surface area contributed by atoms with Gasteiger partial charge in [0.1, 0.15) is 0 Å². The van der Waals surface area contributed by atoms with Gasteiger partial charge in [0, 0.05) is 11.4 Å². The first-order chi connectivity index (χ1) is 8.40. The molecular weight excluding hydrogens is 206 g/mol. The van der Waals surface area contributed by atoms with Gasteiger partial charge in [0.15, 0.2) is 0 Å². The normalized spacial score (nSPS) is 10.9. The molecule has 0 spiro atoms. The Morgan fingerprint density at radius 3 is 2.06 bits per heavy atom. The summed E-state index contributed by atoms with van der Waals surface area (Å²) in [7, 11) is 0. The second-order valence-electron chi connectivity index (χ2n) is 3.67. The van der Waals surface area contributed by atoms with Crippen molar-refractivity contribution in [3.8, 4) is 0 Å². The lowest BCUT2D eigenvalue weighted by atomic mass is 10.1. The molecule has 0 bridgehead atoms. The van der Waals surface area contributed by atoms with E-state index in [1.165, 1.54) is 0 Å². The van der Waals surface area contributed by atoms with Crippen LogP contribution in [0.25, 0.3) is 5.70 Å². The maximum atomic E-state index is 3.75. The molecule has 0 aliphatic heterocycles. The highest BCUT2D eigenvalue weighted by Gasteiger charge is 1.99. The van der Waals surface area contributed by atoms with Crippen LogP contribution < -0.4 is 5.32 Å². The van der Waals surface area contributed by atoms with E-state index in [-0.39, 0.29) is 0 Å². The number of hydrogen-bond acceptors (Lipinski definition) is 1. The van der Waals surface area contributed by atoms with Gasteiger partial charge in [-0.25, -0.2) is 0 Å². The van der Waals surface area contributed by atoms with Gasteiger partial charge in [-0.15, -0.1) is 0 Å². The van der Waals surface area contributed by atoms with Gasteiger partial charge < -0.3 is 5.32 Å². The minimum absolute atomic E-state index is 1.05. The topological polar surface area (TPSA) is 12.0 Å². The molecule has 0 aliphatic rings. The van der Waals surface area contributed by atoms with E-state index >= 15 is 0 Å². The summed E-state index contributed by atoms with van der Waals surface area (Å²) in [6.45, 7) is 3.75. The molecule has 2 rings (SSSR count). The minimum atomic E-state index is 1.05. The Labute approximate surface area is 102 Å². The van der Waals surface area contributed by atoms with Crippen LogP contribution in [0.15, 0.2) is 79.4 Å². The zero-order chi connectivity index (χ0) is 11.9. The van der Waals surface area contributed by atoms with Gasteiger partial charge in [-0.2, -0.15) is 0 Å². The third-order valence-corrected chi connectivity index (χ3v) is 2.42. The summed E-state index contributed by atoms with van der Waals surface area (Å²) in [5, 5.41) is 3.39. The first-order valence-corrected chi connectivity index (χ1v) is 5.60. The maximum Gasteiger partial charge on any atom is 0.0457 e. The molecule has 17 heavy (non-hydrogen) atoms. The molecule has 0 aliphatic carbocycles. The highest BCUT2D eigenvalue weighted by Crippen LogP contribution is 2.18. The fraction of sp³-hybridized carbons (Fsp3) is 0. The molecular formula is C16H15N. The van der Waals surface area contributed by atoms with Crippen LogP contribution in [0.2, 0.25) is 0 Å². The van der Waals surface area contributed by atoms with Crippen LogP contribution in [-0.2, 0) is 0 Å². The second-order valence-corrected chi connectivity index (χ2v) is 3.67. The number of rotatable bonds is 4. The third kappa shape index (κ3) is 3.08.